The average Bonchev–Trinajstić information content (AvgIpc) is 3.17. The Hall–Kier alpha value is -1.83. The molecule has 0 aromatic carbocycles. The van der Waals surface area contributed by atoms with Gasteiger partial charge in [-0.2, -0.15) is 4.98 Å². The van der Waals surface area contributed by atoms with E-state index in [0.29, 0.717) is 11.8 Å². The minimum atomic E-state index is 0.356. The summed E-state index contributed by atoms with van der Waals surface area (Å²) in [5.41, 5.74) is 0. The van der Waals surface area contributed by atoms with Gasteiger partial charge in [0.25, 0.3) is 0 Å². The summed E-state index contributed by atoms with van der Waals surface area (Å²) < 4.78 is 7.37. The van der Waals surface area contributed by atoms with Gasteiger partial charge in [0.15, 0.2) is 11.6 Å². The second-order valence-corrected chi connectivity index (χ2v) is 7.01. The summed E-state index contributed by atoms with van der Waals surface area (Å²) in [5, 5.41) is 16.4. The molecule has 2 aliphatic rings. The molecule has 1 atom stereocenters. The molecule has 0 spiro atoms. The molecule has 8 nitrogen and oxygen atoms in total. The van der Waals surface area contributed by atoms with E-state index in [2.05, 4.69) is 37.5 Å². The first-order valence-electron chi connectivity index (χ1n) is 9.14. The summed E-state index contributed by atoms with van der Waals surface area (Å²) in [7, 11) is 0. The minimum absolute atomic E-state index is 0.356. The standard InChI is InChI=1S/C16H25N7O/c1-2-3-9-23-14(18-20-21-23)11-22-8-4-5-13(10-22)15-17-16(24-19-15)12-6-7-12/h12-13H,2-11H2,1H3. The zero-order valence-electron chi connectivity index (χ0n) is 14.3. The van der Waals surface area contributed by atoms with Crippen LogP contribution in [0, 0.1) is 0 Å². The lowest BCUT2D eigenvalue weighted by atomic mass is 9.97. The lowest BCUT2D eigenvalue weighted by molar-refractivity contribution is 0.187. The minimum Gasteiger partial charge on any atom is -0.339 e. The topological polar surface area (TPSA) is 85.8 Å². The Morgan fingerprint density at radius 3 is 2.96 bits per heavy atom. The number of piperidine rings is 1. The van der Waals surface area contributed by atoms with Crippen LogP contribution in [0.4, 0.5) is 0 Å². The van der Waals surface area contributed by atoms with Gasteiger partial charge in [-0.1, -0.05) is 18.5 Å². The number of tetrazole rings is 1. The van der Waals surface area contributed by atoms with Crippen LogP contribution < -0.4 is 0 Å². The molecule has 1 saturated carbocycles. The molecule has 1 unspecified atom stereocenters. The number of unbranched alkanes of at least 4 members (excludes halogenated alkanes) is 1. The Labute approximate surface area is 141 Å². The zero-order chi connectivity index (χ0) is 16.4. The van der Waals surface area contributed by atoms with Crippen LogP contribution in [-0.4, -0.2) is 48.3 Å². The second-order valence-electron chi connectivity index (χ2n) is 7.01. The molecule has 1 aliphatic heterocycles. The quantitative estimate of drug-likeness (QED) is 0.768. The van der Waals surface area contributed by atoms with Crippen molar-refractivity contribution in [3.05, 3.63) is 17.5 Å². The van der Waals surface area contributed by atoms with E-state index in [1.807, 2.05) is 4.68 Å². The van der Waals surface area contributed by atoms with Crippen LogP contribution in [0.3, 0.4) is 0 Å². The van der Waals surface area contributed by atoms with Crippen molar-refractivity contribution in [3.63, 3.8) is 0 Å². The zero-order valence-corrected chi connectivity index (χ0v) is 14.3. The molecule has 3 heterocycles. The van der Waals surface area contributed by atoms with E-state index in [0.717, 1.165) is 69.4 Å². The number of aromatic nitrogens is 6. The first-order chi connectivity index (χ1) is 11.8. The van der Waals surface area contributed by atoms with E-state index in [-0.39, 0.29) is 0 Å². The van der Waals surface area contributed by atoms with Gasteiger partial charge >= 0.3 is 0 Å². The number of hydrogen-bond donors (Lipinski definition) is 0. The van der Waals surface area contributed by atoms with Crippen molar-refractivity contribution >= 4 is 0 Å². The first kappa shape index (κ1) is 15.7. The fourth-order valence-corrected chi connectivity index (χ4v) is 3.34. The highest BCUT2D eigenvalue weighted by Gasteiger charge is 2.32. The van der Waals surface area contributed by atoms with Gasteiger partial charge in [0.2, 0.25) is 5.89 Å². The summed E-state index contributed by atoms with van der Waals surface area (Å²) in [6.07, 6.45) is 6.91. The van der Waals surface area contributed by atoms with Crippen molar-refractivity contribution in [1.29, 1.82) is 0 Å². The van der Waals surface area contributed by atoms with Crippen molar-refractivity contribution in [1.82, 2.24) is 35.2 Å². The molecule has 1 aliphatic carbocycles. The normalized spacial score (nSPS) is 22.1. The van der Waals surface area contributed by atoms with E-state index in [9.17, 15) is 0 Å². The Morgan fingerprint density at radius 2 is 2.12 bits per heavy atom. The van der Waals surface area contributed by atoms with Crippen molar-refractivity contribution in [2.45, 2.75) is 70.4 Å². The van der Waals surface area contributed by atoms with E-state index >= 15 is 0 Å². The molecule has 0 N–H and O–H groups in total. The van der Waals surface area contributed by atoms with Crippen molar-refractivity contribution in [3.8, 4) is 0 Å². The molecular formula is C16H25N7O. The van der Waals surface area contributed by atoms with Gasteiger partial charge in [-0.05, 0) is 49.1 Å². The number of aryl methyl sites for hydroxylation is 1. The van der Waals surface area contributed by atoms with Crippen LogP contribution >= 0.6 is 0 Å². The van der Waals surface area contributed by atoms with Crippen LogP contribution in [0.5, 0.6) is 0 Å². The molecule has 2 fully saturated rings. The maximum absolute atomic E-state index is 5.43. The van der Waals surface area contributed by atoms with E-state index in [4.69, 9.17) is 4.52 Å². The average molecular weight is 331 g/mol. The molecule has 24 heavy (non-hydrogen) atoms. The molecule has 4 rings (SSSR count). The molecule has 2 aromatic rings. The lowest BCUT2D eigenvalue weighted by Gasteiger charge is -2.30. The third-order valence-corrected chi connectivity index (χ3v) is 4.95. The first-order valence-corrected chi connectivity index (χ1v) is 9.14. The maximum Gasteiger partial charge on any atom is 0.229 e. The Balaban J connectivity index is 1.38. The molecule has 0 bridgehead atoms. The molecule has 0 amide bonds. The van der Waals surface area contributed by atoms with Crippen LogP contribution in [-0.2, 0) is 13.1 Å². The smallest absolute Gasteiger partial charge is 0.229 e. The van der Waals surface area contributed by atoms with E-state index in [1.165, 1.54) is 12.8 Å². The number of rotatable bonds is 7. The lowest BCUT2D eigenvalue weighted by Crippen LogP contribution is -2.35. The highest BCUT2D eigenvalue weighted by molar-refractivity contribution is 5.05. The van der Waals surface area contributed by atoms with Crippen LogP contribution in [0.2, 0.25) is 0 Å². The highest BCUT2D eigenvalue weighted by Crippen LogP contribution is 2.39. The summed E-state index contributed by atoms with van der Waals surface area (Å²) >= 11 is 0. The van der Waals surface area contributed by atoms with Crippen molar-refractivity contribution in [2.24, 2.45) is 0 Å². The fraction of sp³-hybridized carbons (Fsp3) is 0.812. The summed E-state index contributed by atoms with van der Waals surface area (Å²) in [6, 6.07) is 0. The van der Waals surface area contributed by atoms with Gasteiger partial charge in [-0.25, -0.2) is 4.68 Å². The molecule has 2 aromatic heterocycles. The highest BCUT2D eigenvalue weighted by atomic mass is 16.5. The maximum atomic E-state index is 5.43. The van der Waals surface area contributed by atoms with E-state index in [1.54, 1.807) is 0 Å². The van der Waals surface area contributed by atoms with Gasteiger partial charge in [-0.3, -0.25) is 4.90 Å². The third kappa shape index (κ3) is 3.48. The van der Waals surface area contributed by atoms with Crippen LogP contribution in [0.25, 0.3) is 0 Å². The monoisotopic (exact) mass is 331 g/mol. The Bertz CT molecular complexity index is 663. The van der Waals surface area contributed by atoms with E-state index < -0.39 is 0 Å². The summed E-state index contributed by atoms with van der Waals surface area (Å²) in [5.74, 6) is 3.55. The van der Waals surface area contributed by atoms with Gasteiger partial charge < -0.3 is 4.52 Å². The largest absolute Gasteiger partial charge is 0.339 e. The summed E-state index contributed by atoms with van der Waals surface area (Å²) in [4.78, 5) is 7.05. The van der Waals surface area contributed by atoms with Crippen molar-refractivity contribution in [2.75, 3.05) is 13.1 Å². The van der Waals surface area contributed by atoms with Gasteiger partial charge in [0.1, 0.15) is 0 Å². The molecular weight excluding hydrogens is 306 g/mol. The molecule has 8 heteroatoms. The predicted octanol–water partition coefficient (Wildman–Crippen LogP) is 2.11. The molecule has 130 valence electrons. The number of hydrogen-bond acceptors (Lipinski definition) is 7. The van der Waals surface area contributed by atoms with Crippen LogP contribution in [0.15, 0.2) is 4.52 Å². The summed E-state index contributed by atoms with van der Waals surface area (Å²) in [6.45, 7) is 5.89. The van der Waals surface area contributed by atoms with Crippen LogP contribution in [0.1, 0.15) is 74.8 Å². The third-order valence-electron chi connectivity index (χ3n) is 4.95. The van der Waals surface area contributed by atoms with Gasteiger partial charge in [0, 0.05) is 24.9 Å². The number of likely N-dealkylation sites (tertiary alicyclic amines) is 1. The predicted molar refractivity (Wildman–Crippen MR) is 86.3 cm³/mol. The fourth-order valence-electron chi connectivity index (χ4n) is 3.34. The second kappa shape index (κ2) is 6.96. The SMILES string of the molecule is CCCCn1nnnc1CN1CCCC(c2noc(C3CC3)n2)C1. The molecule has 0 radical (unpaired) electrons. The van der Waals surface area contributed by atoms with Gasteiger partial charge in [-0.15, -0.1) is 5.10 Å². The van der Waals surface area contributed by atoms with Crippen molar-refractivity contribution < 1.29 is 4.52 Å². The Kier molecular flexibility index (Phi) is 4.55. The Morgan fingerprint density at radius 1 is 1.21 bits per heavy atom. The number of nitrogens with zero attached hydrogens (tertiary/aromatic N) is 7. The molecule has 1 saturated heterocycles. The van der Waals surface area contributed by atoms with Gasteiger partial charge in [0.05, 0.1) is 6.54 Å².